The number of anilines is 4. The van der Waals surface area contributed by atoms with Crippen LogP contribution in [0.3, 0.4) is 0 Å². The van der Waals surface area contributed by atoms with Gasteiger partial charge in [0.25, 0.3) is 0 Å². The van der Waals surface area contributed by atoms with Crippen molar-refractivity contribution in [3.05, 3.63) is 88.8 Å². The zero-order valence-electron chi connectivity index (χ0n) is 29.1. The van der Waals surface area contributed by atoms with E-state index < -0.39 is 17.5 Å². The number of halogens is 3. The van der Waals surface area contributed by atoms with Gasteiger partial charge in [0, 0.05) is 67.9 Å². The molecule has 1 aliphatic rings. The first-order valence-corrected chi connectivity index (χ1v) is 19.6. The first kappa shape index (κ1) is 36.8. The number of thiazole rings is 1. The third kappa shape index (κ3) is 8.40. The van der Waals surface area contributed by atoms with Crippen LogP contribution in [0.25, 0.3) is 21.8 Å². The van der Waals surface area contributed by atoms with Gasteiger partial charge in [-0.2, -0.15) is 11.8 Å². The smallest absolute Gasteiger partial charge is 0.227 e. The number of ether oxygens (including phenoxy) is 1. The number of hydrogen-bond acceptors (Lipinski definition) is 11. The Morgan fingerprint density at radius 2 is 1.71 bits per heavy atom. The maximum absolute atomic E-state index is 16.1. The summed E-state index contributed by atoms with van der Waals surface area (Å²) in [5.74, 6) is 0.175. The van der Waals surface area contributed by atoms with Crippen molar-refractivity contribution in [1.82, 2.24) is 19.9 Å². The molecule has 268 valence electrons. The van der Waals surface area contributed by atoms with E-state index in [1.54, 1.807) is 31.5 Å². The summed E-state index contributed by atoms with van der Waals surface area (Å²) in [5.41, 5.74) is 4.27. The van der Waals surface area contributed by atoms with E-state index in [0.717, 1.165) is 72.6 Å². The van der Waals surface area contributed by atoms with Crippen LogP contribution >= 0.6 is 35.0 Å². The van der Waals surface area contributed by atoms with Crippen LogP contribution in [0.2, 0.25) is 0 Å². The molecule has 0 unspecified atom stereocenters. The molecule has 2 N–H and O–H groups in total. The van der Waals surface area contributed by atoms with Crippen molar-refractivity contribution < 1.29 is 17.9 Å². The topological polar surface area (TPSA) is 78.4 Å². The molecular formula is C37H40F3N7OS3. The summed E-state index contributed by atoms with van der Waals surface area (Å²) in [6.07, 6.45) is 3.80. The van der Waals surface area contributed by atoms with Gasteiger partial charge in [0.05, 0.1) is 44.7 Å². The number of thioether (sulfide) groups is 1. The second-order valence-corrected chi connectivity index (χ2v) is 15.2. The van der Waals surface area contributed by atoms with Gasteiger partial charge < -0.3 is 19.7 Å². The van der Waals surface area contributed by atoms with E-state index >= 15 is 4.39 Å². The standard InChI is InChI=1S/C37H40F3N7OS3/c1-22(2)36-44-33(24-8-6-11-27(32(24)40)45-51-34-25(38)9-7-10-26(34)39)35(50-36)28-12-13-41-37(42-28)43-29-20-23(3)30(21-31(29)48-4)47-16-14-46(15-17-47)18-19-49-5/h6-13,20-22,45H,14-19H2,1-5H3,(H,41,42,43). The molecule has 2 aromatic heterocycles. The Balaban J connectivity index is 1.27. The second kappa shape index (κ2) is 16.6. The molecule has 0 amide bonds. The van der Waals surface area contributed by atoms with Crippen molar-refractivity contribution in [2.45, 2.75) is 31.6 Å². The molecule has 1 fully saturated rings. The molecule has 6 rings (SSSR count). The van der Waals surface area contributed by atoms with E-state index in [-0.39, 0.29) is 22.1 Å². The second-order valence-electron chi connectivity index (χ2n) is 12.4. The van der Waals surface area contributed by atoms with E-state index in [0.29, 0.717) is 39.9 Å². The molecule has 0 aliphatic carbocycles. The molecule has 5 aromatic rings. The minimum atomic E-state index is -0.736. The molecule has 1 aliphatic heterocycles. The van der Waals surface area contributed by atoms with Crippen LogP contribution in [0.15, 0.2) is 65.7 Å². The maximum atomic E-state index is 16.1. The molecule has 0 bridgehead atoms. The number of nitrogens with one attached hydrogen (secondary N) is 2. The van der Waals surface area contributed by atoms with Crippen molar-refractivity contribution in [3.8, 4) is 27.6 Å². The lowest BCUT2D eigenvalue weighted by Crippen LogP contribution is -2.47. The molecule has 0 spiro atoms. The van der Waals surface area contributed by atoms with Gasteiger partial charge in [-0.25, -0.2) is 28.1 Å². The highest BCUT2D eigenvalue weighted by molar-refractivity contribution is 8.00. The van der Waals surface area contributed by atoms with Gasteiger partial charge in [-0.15, -0.1) is 11.3 Å². The first-order valence-electron chi connectivity index (χ1n) is 16.6. The minimum Gasteiger partial charge on any atom is -0.494 e. The summed E-state index contributed by atoms with van der Waals surface area (Å²) in [5, 5.41) is 4.16. The molecule has 3 heterocycles. The Labute approximate surface area is 309 Å². The number of methoxy groups -OCH3 is 1. The lowest BCUT2D eigenvalue weighted by Gasteiger charge is -2.37. The van der Waals surface area contributed by atoms with E-state index in [2.05, 4.69) is 50.1 Å². The number of aryl methyl sites for hydroxylation is 1. The molecular weight excluding hydrogens is 712 g/mol. The quantitative estimate of drug-likeness (QED) is 0.114. The molecule has 1 saturated heterocycles. The Bertz CT molecular complexity index is 1970. The predicted octanol–water partition coefficient (Wildman–Crippen LogP) is 9.47. The average Bonchev–Trinajstić information content (AvgIpc) is 3.58. The van der Waals surface area contributed by atoms with E-state index in [9.17, 15) is 8.78 Å². The molecule has 51 heavy (non-hydrogen) atoms. The number of hydrogen-bond donors (Lipinski definition) is 2. The van der Waals surface area contributed by atoms with E-state index in [1.165, 1.54) is 23.5 Å². The van der Waals surface area contributed by atoms with Crippen molar-refractivity contribution in [1.29, 1.82) is 0 Å². The van der Waals surface area contributed by atoms with Crippen LogP contribution in [0.1, 0.15) is 30.3 Å². The van der Waals surface area contributed by atoms with Crippen LogP contribution in [-0.4, -0.2) is 71.7 Å². The van der Waals surface area contributed by atoms with Crippen LogP contribution < -0.4 is 19.7 Å². The Morgan fingerprint density at radius 3 is 2.41 bits per heavy atom. The summed E-state index contributed by atoms with van der Waals surface area (Å²) in [4.78, 5) is 19.5. The van der Waals surface area contributed by atoms with E-state index in [1.807, 2.05) is 25.6 Å². The van der Waals surface area contributed by atoms with Crippen molar-refractivity contribution in [2.75, 3.05) is 66.8 Å². The number of benzene rings is 3. The Hall–Kier alpha value is -3.98. The third-order valence-corrected chi connectivity index (χ3v) is 11.4. The highest BCUT2D eigenvalue weighted by Crippen LogP contribution is 2.42. The largest absolute Gasteiger partial charge is 0.494 e. The van der Waals surface area contributed by atoms with Gasteiger partial charge >= 0.3 is 0 Å². The van der Waals surface area contributed by atoms with Crippen molar-refractivity contribution >= 4 is 58.1 Å². The van der Waals surface area contributed by atoms with Gasteiger partial charge in [-0.05, 0) is 67.1 Å². The average molecular weight is 752 g/mol. The Kier molecular flexibility index (Phi) is 12.0. The number of piperazine rings is 1. The number of nitrogens with zero attached hydrogens (tertiary/aromatic N) is 5. The van der Waals surface area contributed by atoms with Crippen LogP contribution in [0.5, 0.6) is 5.75 Å². The fraction of sp³-hybridized carbons (Fsp3) is 0.324. The minimum absolute atomic E-state index is 0.0682. The van der Waals surface area contributed by atoms with Gasteiger partial charge in [-0.1, -0.05) is 26.0 Å². The van der Waals surface area contributed by atoms with Gasteiger partial charge in [0.1, 0.15) is 17.4 Å². The highest BCUT2D eigenvalue weighted by Gasteiger charge is 2.24. The summed E-state index contributed by atoms with van der Waals surface area (Å²) < 4.78 is 53.2. The first-order chi connectivity index (χ1) is 24.7. The van der Waals surface area contributed by atoms with Gasteiger partial charge in [0.2, 0.25) is 5.95 Å². The summed E-state index contributed by atoms with van der Waals surface area (Å²) in [6.45, 7) is 11.2. The molecule has 14 heteroatoms. The maximum Gasteiger partial charge on any atom is 0.227 e. The summed E-state index contributed by atoms with van der Waals surface area (Å²) in [7, 11) is 1.65. The zero-order valence-corrected chi connectivity index (χ0v) is 31.5. The summed E-state index contributed by atoms with van der Waals surface area (Å²) >= 11 is 3.98. The third-order valence-electron chi connectivity index (χ3n) is 8.55. The molecule has 3 aromatic carbocycles. The highest BCUT2D eigenvalue weighted by atomic mass is 32.2. The normalized spacial score (nSPS) is 13.5. The lowest BCUT2D eigenvalue weighted by atomic mass is 10.1. The van der Waals surface area contributed by atoms with E-state index in [4.69, 9.17) is 14.7 Å². The van der Waals surface area contributed by atoms with Crippen molar-refractivity contribution in [3.63, 3.8) is 0 Å². The fourth-order valence-corrected chi connectivity index (χ4v) is 8.00. The van der Waals surface area contributed by atoms with Crippen LogP contribution in [0.4, 0.5) is 36.2 Å². The predicted molar refractivity (Wildman–Crippen MR) is 207 cm³/mol. The molecule has 0 atom stereocenters. The van der Waals surface area contributed by atoms with Crippen LogP contribution in [-0.2, 0) is 0 Å². The molecule has 0 radical (unpaired) electrons. The van der Waals surface area contributed by atoms with Crippen LogP contribution in [0, 0.1) is 24.4 Å². The van der Waals surface area contributed by atoms with Crippen molar-refractivity contribution in [2.24, 2.45) is 0 Å². The van der Waals surface area contributed by atoms with Gasteiger partial charge in [-0.3, -0.25) is 4.90 Å². The number of aromatic nitrogens is 3. The summed E-state index contributed by atoms with van der Waals surface area (Å²) in [6, 6.07) is 14.3. The Morgan fingerprint density at radius 1 is 0.961 bits per heavy atom. The SMILES string of the molecule is COc1cc(N2CCN(CCSC)CC2)c(C)cc1Nc1nccc(-c2sc(C(C)C)nc2-c2cccc(NSc3c(F)cccc3F)c2F)n1. The number of rotatable bonds is 13. The molecule has 8 nitrogen and oxygen atoms in total. The fourth-order valence-electron chi connectivity index (χ4n) is 5.80. The molecule has 0 saturated carbocycles. The lowest BCUT2D eigenvalue weighted by molar-refractivity contribution is 0.273. The zero-order chi connectivity index (χ0) is 36.1. The monoisotopic (exact) mass is 751 g/mol. The van der Waals surface area contributed by atoms with Gasteiger partial charge in [0.15, 0.2) is 5.82 Å².